The summed E-state index contributed by atoms with van der Waals surface area (Å²) >= 11 is 5.68. The molecule has 0 radical (unpaired) electrons. The van der Waals surface area contributed by atoms with Gasteiger partial charge in [-0.25, -0.2) is 18.4 Å². The maximum atomic E-state index is 13.2. The monoisotopic (exact) mass is 385 g/mol. The molecule has 0 fully saturated rings. The number of ketones is 1. The topological polar surface area (TPSA) is 85.5 Å². The standard InChI is InChI=1S/C17H14ClF2NO5/c1-7-14(17(24)25-3)8(2)21-15(7)13(22)6-26-16(23)9-4-11(19)12(20)5-10(9)18/h4-5,21H,6H2,1-3H3. The lowest BCUT2D eigenvalue weighted by atomic mass is 10.1. The largest absolute Gasteiger partial charge is 0.465 e. The number of esters is 2. The van der Waals surface area contributed by atoms with E-state index in [1.165, 1.54) is 14.0 Å². The summed E-state index contributed by atoms with van der Waals surface area (Å²) in [6, 6.07) is 1.22. The molecule has 26 heavy (non-hydrogen) atoms. The summed E-state index contributed by atoms with van der Waals surface area (Å²) in [6.07, 6.45) is 0. The number of aromatic nitrogens is 1. The third-order valence-corrected chi connectivity index (χ3v) is 3.98. The number of ether oxygens (including phenoxy) is 2. The van der Waals surface area contributed by atoms with Gasteiger partial charge in [0, 0.05) is 5.69 Å². The van der Waals surface area contributed by atoms with Gasteiger partial charge >= 0.3 is 11.9 Å². The highest BCUT2D eigenvalue weighted by Crippen LogP contribution is 2.22. The number of halogens is 3. The number of rotatable bonds is 5. The van der Waals surface area contributed by atoms with Crippen LogP contribution >= 0.6 is 11.6 Å². The lowest BCUT2D eigenvalue weighted by molar-refractivity contribution is 0.0472. The van der Waals surface area contributed by atoms with Gasteiger partial charge in [0.2, 0.25) is 5.78 Å². The Morgan fingerprint density at radius 1 is 1.12 bits per heavy atom. The molecule has 1 N–H and O–H groups in total. The van der Waals surface area contributed by atoms with Crippen LogP contribution in [0.2, 0.25) is 5.02 Å². The summed E-state index contributed by atoms with van der Waals surface area (Å²) in [7, 11) is 1.21. The number of hydrogen-bond donors (Lipinski definition) is 1. The van der Waals surface area contributed by atoms with Gasteiger partial charge in [-0.05, 0) is 31.5 Å². The molecule has 9 heteroatoms. The molecule has 0 bridgehead atoms. The zero-order valence-electron chi connectivity index (χ0n) is 14.0. The second-order valence-corrected chi connectivity index (χ2v) is 5.77. The molecular formula is C17H14ClF2NO5. The van der Waals surface area contributed by atoms with E-state index in [-0.39, 0.29) is 16.3 Å². The van der Waals surface area contributed by atoms with Crippen molar-refractivity contribution in [3.8, 4) is 0 Å². The van der Waals surface area contributed by atoms with Crippen molar-refractivity contribution >= 4 is 29.3 Å². The highest BCUT2D eigenvalue weighted by molar-refractivity contribution is 6.33. The molecule has 0 aliphatic rings. The second kappa shape index (κ2) is 7.65. The van der Waals surface area contributed by atoms with Gasteiger partial charge in [0.05, 0.1) is 29.0 Å². The number of H-pyrrole nitrogens is 1. The predicted octanol–water partition coefficient (Wildman–Crippen LogP) is 3.39. The summed E-state index contributed by atoms with van der Waals surface area (Å²) in [5, 5.41) is -0.346. The van der Waals surface area contributed by atoms with Gasteiger partial charge in [-0.3, -0.25) is 4.79 Å². The molecule has 2 rings (SSSR count). The number of aromatic amines is 1. The van der Waals surface area contributed by atoms with Crippen molar-refractivity contribution in [2.45, 2.75) is 13.8 Å². The van der Waals surface area contributed by atoms with Gasteiger partial charge in [0.15, 0.2) is 18.2 Å². The summed E-state index contributed by atoms with van der Waals surface area (Å²) < 4.78 is 35.7. The van der Waals surface area contributed by atoms with Crippen molar-refractivity contribution in [2.75, 3.05) is 13.7 Å². The number of aryl methyl sites for hydroxylation is 1. The van der Waals surface area contributed by atoms with E-state index in [1.54, 1.807) is 6.92 Å². The summed E-state index contributed by atoms with van der Waals surface area (Å²) in [6.45, 7) is 2.44. The van der Waals surface area contributed by atoms with Crippen molar-refractivity contribution in [2.24, 2.45) is 0 Å². The number of benzene rings is 1. The van der Waals surface area contributed by atoms with Gasteiger partial charge in [0.25, 0.3) is 0 Å². The first-order valence-corrected chi connectivity index (χ1v) is 7.67. The van der Waals surface area contributed by atoms with Crippen molar-refractivity contribution in [1.82, 2.24) is 4.98 Å². The maximum Gasteiger partial charge on any atom is 0.340 e. The molecule has 0 amide bonds. The first-order chi connectivity index (χ1) is 12.2. The van der Waals surface area contributed by atoms with Crippen LogP contribution in [-0.4, -0.2) is 36.4 Å². The first-order valence-electron chi connectivity index (χ1n) is 7.29. The lowest BCUT2D eigenvalue weighted by Crippen LogP contribution is -2.16. The number of methoxy groups -OCH3 is 1. The number of nitrogens with one attached hydrogen (secondary N) is 1. The lowest BCUT2D eigenvalue weighted by Gasteiger charge is -2.06. The number of hydrogen-bond acceptors (Lipinski definition) is 5. The molecule has 0 unspecified atom stereocenters. The zero-order valence-corrected chi connectivity index (χ0v) is 14.8. The molecule has 2 aromatic rings. The van der Waals surface area contributed by atoms with Gasteiger partial charge in [-0.1, -0.05) is 11.6 Å². The van der Waals surface area contributed by atoms with E-state index >= 15 is 0 Å². The summed E-state index contributed by atoms with van der Waals surface area (Å²) in [5.41, 5.74) is 0.653. The highest BCUT2D eigenvalue weighted by Gasteiger charge is 2.24. The van der Waals surface area contributed by atoms with Crippen molar-refractivity contribution in [1.29, 1.82) is 0 Å². The average molecular weight is 386 g/mol. The Labute approximate surface area is 152 Å². The van der Waals surface area contributed by atoms with Gasteiger partial charge in [-0.2, -0.15) is 0 Å². The molecular weight excluding hydrogens is 372 g/mol. The van der Waals surface area contributed by atoms with Crippen LogP contribution in [0.1, 0.15) is 42.5 Å². The molecule has 0 spiro atoms. The van der Waals surface area contributed by atoms with Crippen molar-refractivity contribution in [3.63, 3.8) is 0 Å². The van der Waals surface area contributed by atoms with Crippen LogP contribution < -0.4 is 0 Å². The minimum absolute atomic E-state index is 0.0760. The molecule has 0 saturated heterocycles. The van der Waals surface area contributed by atoms with Crippen LogP contribution in [0, 0.1) is 25.5 Å². The molecule has 0 atom stereocenters. The quantitative estimate of drug-likeness (QED) is 0.484. The SMILES string of the molecule is COC(=O)c1c(C)[nH]c(C(=O)COC(=O)c2cc(F)c(F)cc2Cl)c1C. The molecule has 6 nitrogen and oxygen atoms in total. The minimum Gasteiger partial charge on any atom is -0.465 e. The fourth-order valence-electron chi connectivity index (χ4n) is 2.40. The Kier molecular flexibility index (Phi) is 5.76. The Hall–Kier alpha value is -2.74. The fourth-order valence-corrected chi connectivity index (χ4v) is 2.62. The van der Waals surface area contributed by atoms with Crippen molar-refractivity contribution < 1.29 is 32.6 Å². The Bertz CT molecular complexity index is 907. The molecule has 1 aromatic heterocycles. The van der Waals surface area contributed by atoms with E-state index in [1.807, 2.05) is 0 Å². The average Bonchev–Trinajstić information content (AvgIpc) is 2.89. The van der Waals surface area contributed by atoms with Crippen LogP contribution in [0.4, 0.5) is 8.78 Å². The molecule has 1 heterocycles. The van der Waals surface area contributed by atoms with E-state index in [0.29, 0.717) is 23.4 Å². The summed E-state index contributed by atoms with van der Waals surface area (Å²) in [5.74, 6) is -4.80. The molecule has 138 valence electrons. The number of Topliss-reactive ketones (excluding diaryl/α,β-unsaturated/α-hetero) is 1. The Morgan fingerprint density at radius 3 is 2.35 bits per heavy atom. The second-order valence-electron chi connectivity index (χ2n) is 5.36. The first kappa shape index (κ1) is 19.6. The van der Waals surface area contributed by atoms with Gasteiger partial charge < -0.3 is 14.5 Å². The minimum atomic E-state index is -1.27. The zero-order chi connectivity index (χ0) is 19.6. The van der Waals surface area contributed by atoms with Crippen LogP contribution in [0.25, 0.3) is 0 Å². The van der Waals surface area contributed by atoms with E-state index in [2.05, 4.69) is 9.72 Å². The highest BCUT2D eigenvalue weighted by atomic mass is 35.5. The predicted molar refractivity (Wildman–Crippen MR) is 87.6 cm³/mol. The van der Waals surface area contributed by atoms with Crippen LogP contribution in [0.15, 0.2) is 12.1 Å². The number of carbonyl (C=O) groups excluding carboxylic acids is 3. The Morgan fingerprint density at radius 2 is 1.73 bits per heavy atom. The maximum absolute atomic E-state index is 13.2. The van der Waals surface area contributed by atoms with Crippen LogP contribution in [0.5, 0.6) is 0 Å². The number of carbonyl (C=O) groups is 3. The molecule has 0 aliphatic heterocycles. The fraction of sp³-hybridized carbons (Fsp3) is 0.235. The van der Waals surface area contributed by atoms with Crippen LogP contribution in [-0.2, 0) is 9.47 Å². The molecule has 0 saturated carbocycles. The van der Waals surface area contributed by atoms with Gasteiger partial charge in [-0.15, -0.1) is 0 Å². The van der Waals surface area contributed by atoms with Gasteiger partial charge in [0.1, 0.15) is 0 Å². The van der Waals surface area contributed by atoms with E-state index in [9.17, 15) is 23.2 Å². The third kappa shape index (κ3) is 3.75. The normalized spacial score (nSPS) is 10.5. The third-order valence-electron chi connectivity index (χ3n) is 3.67. The smallest absolute Gasteiger partial charge is 0.340 e. The Balaban J connectivity index is 2.16. The van der Waals surface area contributed by atoms with Crippen LogP contribution in [0.3, 0.4) is 0 Å². The molecule has 1 aromatic carbocycles. The van der Waals surface area contributed by atoms with E-state index < -0.39 is 41.5 Å². The molecule has 0 aliphatic carbocycles. The van der Waals surface area contributed by atoms with E-state index in [0.717, 1.165) is 0 Å². The van der Waals surface area contributed by atoms with Crippen molar-refractivity contribution in [3.05, 3.63) is 56.9 Å². The van der Waals surface area contributed by atoms with E-state index in [4.69, 9.17) is 16.3 Å². The summed E-state index contributed by atoms with van der Waals surface area (Å²) in [4.78, 5) is 38.7.